The Labute approximate surface area is 422 Å². The van der Waals surface area contributed by atoms with Gasteiger partial charge in [0, 0.05) is 72.4 Å². The molecule has 0 unspecified atom stereocenters. The van der Waals surface area contributed by atoms with Crippen molar-refractivity contribution in [1.29, 1.82) is 0 Å². The fourth-order valence-corrected chi connectivity index (χ4v) is 12.7. The Balaban J connectivity index is 1.15. The Morgan fingerprint density at radius 1 is 0.500 bits per heavy atom. The topological polar surface area (TPSA) is 45.9 Å². The minimum absolute atomic E-state index is 0.0183. The maximum absolute atomic E-state index is 7.23. The molecule has 0 amide bonds. The first-order valence-electron chi connectivity index (χ1n) is 25.9. The van der Waals surface area contributed by atoms with Crippen molar-refractivity contribution < 1.29 is 13.3 Å². The molecule has 354 valence electrons. The molecule has 0 fully saturated rings. The first-order valence-corrected chi connectivity index (χ1v) is 25.9. The lowest BCUT2D eigenvalue weighted by Gasteiger charge is -2.46. The highest BCUT2D eigenvalue weighted by Crippen LogP contribution is 2.55. The molecule has 0 radical (unpaired) electrons. The molecule has 14 rings (SSSR count). The van der Waals surface area contributed by atoms with Gasteiger partial charge in [0.25, 0.3) is 0 Å². The summed E-state index contributed by atoms with van der Waals surface area (Å²) in [5, 5.41) is 5.51. The van der Waals surface area contributed by atoms with E-state index >= 15 is 0 Å². The molecule has 11 aromatic rings. The van der Waals surface area contributed by atoms with Crippen LogP contribution in [0.1, 0.15) is 104 Å². The van der Waals surface area contributed by atoms with Gasteiger partial charge in [0.15, 0.2) is 0 Å². The predicted molar refractivity (Wildman–Crippen MR) is 303 cm³/mol. The summed E-state index contributed by atoms with van der Waals surface area (Å²) in [5.41, 5.74) is 22.3. The Kier molecular flexibility index (Phi) is 8.79. The first kappa shape index (κ1) is 43.4. The van der Waals surface area contributed by atoms with Gasteiger partial charge >= 0.3 is 6.85 Å². The third-order valence-electron chi connectivity index (χ3n) is 16.9. The maximum atomic E-state index is 7.23. The van der Waals surface area contributed by atoms with Gasteiger partial charge in [0.1, 0.15) is 27.9 Å². The van der Waals surface area contributed by atoms with Gasteiger partial charge in [-0.05, 0) is 146 Å². The number of nitrogens with zero attached hydrogens (tertiary/aromatic N) is 2. The van der Waals surface area contributed by atoms with Gasteiger partial charge < -0.3 is 23.0 Å². The second-order valence-corrected chi connectivity index (χ2v) is 24.4. The molecule has 5 heterocycles. The number of furan rings is 3. The standard InChI is InChI=1S/C66H59BN2O3/c1-63(2,3)40-20-23-42(24-21-40)69-53-37-59-45(46-33-49-50(35-58(46)71-59)66(9,10)28-27-65(49,7)8)32-48(53)60-61-55(34-47-43-18-14-15-19-56(43)72-62(47)60)68(54-30-39-26-29-70-57(39)36-51(54)67(61)69)52-25-22-41(64(4,5)6)31-44(52)38-16-12-11-13-17-38/h11-26,29-37H,27-28H2,1-10H3. The molecule has 0 spiro atoms. The maximum Gasteiger partial charge on any atom is 0.333 e. The second-order valence-electron chi connectivity index (χ2n) is 24.4. The molecule has 3 aliphatic rings. The smallest absolute Gasteiger partial charge is 0.333 e. The molecule has 72 heavy (non-hydrogen) atoms. The van der Waals surface area contributed by atoms with Crippen molar-refractivity contribution >= 4 is 101 Å². The summed E-state index contributed by atoms with van der Waals surface area (Å²) in [6.07, 6.45) is 4.10. The second kappa shape index (κ2) is 14.6. The molecule has 3 aromatic heterocycles. The average molecular weight is 939 g/mol. The number of fused-ring (bicyclic) bond motifs is 13. The van der Waals surface area contributed by atoms with E-state index in [-0.39, 0.29) is 28.5 Å². The molecular formula is C66H59BN2O3. The van der Waals surface area contributed by atoms with Crippen LogP contribution in [-0.2, 0) is 21.7 Å². The summed E-state index contributed by atoms with van der Waals surface area (Å²) in [5.74, 6) is 0. The van der Waals surface area contributed by atoms with Gasteiger partial charge in [-0.3, -0.25) is 0 Å². The summed E-state index contributed by atoms with van der Waals surface area (Å²) < 4.78 is 20.7. The third kappa shape index (κ3) is 6.20. The van der Waals surface area contributed by atoms with E-state index in [0.29, 0.717) is 0 Å². The van der Waals surface area contributed by atoms with Crippen LogP contribution in [0.5, 0.6) is 0 Å². The molecule has 0 bridgehead atoms. The summed E-state index contributed by atoms with van der Waals surface area (Å²) in [6.45, 7) is 23.1. The van der Waals surface area contributed by atoms with Crippen LogP contribution >= 0.6 is 0 Å². The summed E-state index contributed by atoms with van der Waals surface area (Å²) >= 11 is 0. The molecular weight excluding hydrogens is 880 g/mol. The zero-order valence-corrected chi connectivity index (χ0v) is 43.0. The van der Waals surface area contributed by atoms with E-state index in [4.69, 9.17) is 13.3 Å². The van der Waals surface area contributed by atoms with Gasteiger partial charge in [-0.1, -0.05) is 136 Å². The largest absolute Gasteiger partial charge is 0.464 e. The van der Waals surface area contributed by atoms with Crippen molar-refractivity contribution in [3.63, 3.8) is 0 Å². The van der Waals surface area contributed by atoms with E-state index in [1.807, 2.05) is 6.26 Å². The van der Waals surface area contributed by atoms with Crippen LogP contribution in [0, 0.1) is 0 Å². The molecule has 2 aliphatic heterocycles. The summed E-state index contributed by atoms with van der Waals surface area (Å²) in [6, 6.07) is 54.6. The van der Waals surface area contributed by atoms with Crippen LogP contribution in [0.2, 0.25) is 0 Å². The van der Waals surface area contributed by atoms with Gasteiger partial charge in [0.05, 0.1) is 12.0 Å². The lowest BCUT2D eigenvalue weighted by atomic mass is 9.43. The van der Waals surface area contributed by atoms with Crippen LogP contribution in [-0.4, -0.2) is 6.85 Å². The minimum Gasteiger partial charge on any atom is -0.464 e. The SMILES string of the molecule is CC(C)(C)c1ccc(N2B3c4cc5occc5cc4N(c4ccc(C(C)(C)C)cc4-c4ccccc4)c4cc5c(oc6ccccc65)c(c43)-c3cc4c(cc32)oc2cc3c(cc24)C(C)(C)CCC3(C)C)cc1. The average Bonchev–Trinajstić information content (AvgIpc) is 4.08. The molecule has 8 aromatic carbocycles. The van der Waals surface area contributed by atoms with Gasteiger partial charge in [-0.25, -0.2) is 0 Å². The number of hydrogen-bond donors (Lipinski definition) is 0. The van der Waals surface area contributed by atoms with E-state index in [9.17, 15) is 0 Å². The number of benzene rings is 8. The van der Waals surface area contributed by atoms with Crippen molar-refractivity contribution in [1.82, 2.24) is 0 Å². The highest BCUT2D eigenvalue weighted by atomic mass is 16.3. The van der Waals surface area contributed by atoms with E-state index in [1.54, 1.807) is 0 Å². The highest BCUT2D eigenvalue weighted by Gasteiger charge is 2.48. The van der Waals surface area contributed by atoms with Crippen molar-refractivity contribution in [2.24, 2.45) is 0 Å². The predicted octanol–water partition coefficient (Wildman–Crippen LogP) is 17.6. The van der Waals surface area contributed by atoms with Crippen LogP contribution < -0.4 is 20.6 Å². The fraction of sp³-hybridized carbons (Fsp3) is 0.242. The van der Waals surface area contributed by atoms with E-state index in [1.165, 1.54) is 38.8 Å². The van der Waals surface area contributed by atoms with Gasteiger partial charge in [0.2, 0.25) is 0 Å². The molecule has 1 aliphatic carbocycles. The number of anilines is 5. The van der Waals surface area contributed by atoms with E-state index in [2.05, 4.69) is 225 Å². The fourth-order valence-electron chi connectivity index (χ4n) is 12.7. The highest BCUT2D eigenvalue weighted by molar-refractivity contribution is 6.94. The van der Waals surface area contributed by atoms with Gasteiger partial charge in [-0.2, -0.15) is 0 Å². The van der Waals surface area contributed by atoms with E-state index < -0.39 is 0 Å². The Hall–Kier alpha value is -7.44. The van der Waals surface area contributed by atoms with Crippen molar-refractivity contribution in [2.75, 3.05) is 9.71 Å². The van der Waals surface area contributed by atoms with Crippen molar-refractivity contribution in [3.8, 4) is 22.3 Å². The van der Waals surface area contributed by atoms with Crippen LogP contribution in [0.4, 0.5) is 28.4 Å². The quantitative estimate of drug-likeness (QED) is 0.165. The Bertz CT molecular complexity index is 4080. The van der Waals surface area contributed by atoms with Crippen LogP contribution in [0.15, 0.2) is 165 Å². The molecule has 5 nitrogen and oxygen atoms in total. The van der Waals surface area contributed by atoms with Gasteiger partial charge in [-0.15, -0.1) is 0 Å². The molecule has 0 N–H and O–H groups in total. The third-order valence-corrected chi connectivity index (χ3v) is 16.9. The minimum atomic E-state index is -0.286. The van der Waals surface area contributed by atoms with E-state index in [0.717, 1.165) is 113 Å². The van der Waals surface area contributed by atoms with Crippen LogP contribution in [0.3, 0.4) is 0 Å². The molecule has 0 saturated carbocycles. The Morgan fingerprint density at radius 3 is 1.93 bits per heavy atom. The number of hydrogen-bond acceptors (Lipinski definition) is 5. The summed E-state index contributed by atoms with van der Waals surface area (Å²) in [4.78, 5) is 5.14. The van der Waals surface area contributed by atoms with Crippen molar-refractivity contribution in [3.05, 3.63) is 174 Å². The lowest BCUT2D eigenvalue weighted by molar-refractivity contribution is 0.332. The molecule has 0 saturated heterocycles. The molecule has 6 heteroatoms. The normalized spacial score (nSPS) is 15.9. The number of rotatable bonds is 3. The van der Waals surface area contributed by atoms with Crippen molar-refractivity contribution in [2.45, 2.75) is 104 Å². The first-order chi connectivity index (χ1) is 34.4. The Morgan fingerprint density at radius 2 is 1.18 bits per heavy atom. The lowest BCUT2D eigenvalue weighted by Crippen LogP contribution is -2.61. The van der Waals surface area contributed by atoms with Crippen LogP contribution in [0.25, 0.3) is 77.1 Å². The zero-order chi connectivity index (χ0) is 49.4. The molecule has 0 atom stereocenters. The summed E-state index contributed by atoms with van der Waals surface area (Å²) in [7, 11) is 0. The monoisotopic (exact) mass is 938 g/mol. The zero-order valence-electron chi connectivity index (χ0n) is 43.0. The number of para-hydroxylation sites is 1.